The summed E-state index contributed by atoms with van der Waals surface area (Å²) in [7, 11) is 0. The van der Waals surface area contributed by atoms with Gasteiger partial charge in [-0.2, -0.15) is 15.6 Å². The fraction of sp³-hybridized carbons (Fsp3) is 0.312. The third-order valence-corrected chi connectivity index (χ3v) is 3.78. The van der Waals surface area contributed by atoms with Crippen LogP contribution in [-0.4, -0.2) is 24.7 Å². The van der Waals surface area contributed by atoms with Crippen LogP contribution in [0.3, 0.4) is 0 Å². The van der Waals surface area contributed by atoms with Crippen molar-refractivity contribution in [2.24, 2.45) is 0 Å². The van der Waals surface area contributed by atoms with Gasteiger partial charge >= 0.3 is 0 Å². The topological polar surface area (TPSA) is 107 Å². The van der Waals surface area contributed by atoms with Gasteiger partial charge in [0, 0.05) is 36.2 Å². The molecule has 3 aromatic heterocycles. The van der Waals surface area contributed by atoms with Crippen LogP contribution in [0.1, 0.15) is 31.7 Å². The fourth-order valence-corrected chi connectivity index (χ4v) is 2.63. The van der Waals surface area contributed by atoms with E-state index >= 15 is 0 Å². The Labute approximate surface area is 133 Å². The average molecular weight is 305 g/mol. The Bertz CT molecular complexity index is 860. The number of nitriles is 2. The van der Waals surface area contributed by atoms with E-state index < -0.39 is 0 Å². The molecule has 114 valence electrons. The third kappa shape index (κ3) is 3.04. The number of nitrogens with zero attached hydrogens (tertiary/aromatic N) is 6. The lowest BCUT2D eigenvalue weighted by molar-refractivity contribution is 0.407. The maximum atomic E-state index is 8.80. The highest BCUT2D eigenvalue weighted by molar-refractivity contribution is 5.89. The first-order valence-electron chi connectivity index (χ1n) is 7.40. The summed E-state index contributed by atoms with van der Waals surface area (Å²) in [5.41, 5.74) is 2.51. The molecule has 7 heteroatoms. The van der Waals surface area contributed by atoms with Crippen LogP contribution in [0.2, 0.25) is 0 Å². The van der Waals surface area contributed by atoms with E-state index in [9.17, 15) is 0 Å². The van der Waals surface area contributed by atoms with Crippen molar-refractivity contribution in [1.82, 2.24) is 24.7 Å². The zero-order valence-electron chi connectivity index (χ0n) is 12.5. The summed E-state index contributed by atoms with van der Waals surface area (Å²) >= 11 is 0. The quantitative estimate of drug-likeness (QED) is 0.753. The zero-order valence-corrected chi connectivity index (χ0v) is 12.5. The first-order chi connectivity index (χ1) is 11.3. The molecule has 0 unspecified atom stereocenters. The molecule has 0 bridgehead atoms. The van der Waals surface area contributed by atoms with E-state index in [0.717, 1.165) is 22.3 Å². The fourth-order valence-electron chi connectivity index (χ4n) is 2.63. The van der Waals surface area contributed by atoms with E-state index in [1.165, 1.54) is 6.33 Å². The van der Waals surface area contributed by atoms with E-state index in [1.54, 1.807) is 6.20 Å². The second kappa shape index (κ2) is 6.71. The Morgan fingerprint density at radius 2 is 1.96 bits per heavy atom. The van der Waals surface area contributed by atoms with Gasteiger partial charge in [0.05, 0.1) is 30.1 Å². The van der Waals surface area contributed by atoms with Crippen LogP contribution < -0.4 is 0 Å². The van der Waals surface area contributed by atoms with Crippen LogP contribution in [0, 0.1) is 22.7 Å². The maximum absolute atomic E-state index is 8.80. The normalized spacial score (nSPS) is 10.7. The Hall–Kier alpha value is -3.19. The number of hydrogen-bond donors (Lipinski definition) is 1. The second-order valence-electron chi connectivity index (χ2n) is 5.22. The first-order valence-corrected chi connectivity index (χ1v) is 7.40. The largest absolute Gasteiger partial charge is 0.346 e. The van der Waals surface area contributed by atoms with E-state index in [2.05, 4.69) is 32.2 Å². The molecule has 0 spiro atoms. The molecule has 0 atom stereocenters. The highest BCUT2D eigenvalue weighted by Gasteiger charge is 2.15. The summed E-state index contributed by atoms with van der Waals surface area (Å²) in [6.45, 7) is 0. The molecule has 0 fully saturated rings. The minimum absolute atomic E-state index is 0.0478. The number of aromatic amines is 1. The molecule has 0 saturated carbocycles. The van der Waals surface area contributed by atoms with Gasteiger partial charge in [-0.3, -0.25) is 4.68 Å². The van der Waals surface area contributed by atoms with Gasteiger partial charge in [-0.25, -0.2) is 9.97 Å². The van der Waals surface area contributed by atoms with Crippen molar-refractivity contribution in [3.63, 3.8) is 0 Å². The molecular weight excluding hydrogens is 290 g/mol. The van der Waals surface area contributed by atoms with Crippen LogP contribution in [-0.2, 0) is 0 Å². The van der Waals surface area contributed by atoms with Crippen molar-refractivity contribution in [1.29, 1.82) is 10.5 Å². The number of rotatable bonds is 6. The lowest BCUT2D eigenvalue weighted by Gasteiger charge is -2.14. The Balaban J connectivity index is 1.91. The zero-order chi connectivity index (χ0) is 16.1. The van der Waals surface area contributed by atoms with Gasteiger partial charge in [0.2, 0.25) is 0 Å². The number of fused-ring (bicyclic) bond motifs is 1. The first kappa shape index (κ1) is 14.7. The van der Waals surface area contributed by atoms with Crippen molar-refractivity contribution in [2.75, 3.05) is 0 Å². The Morgan fingerprint density at radius 1 is 1.17 bits per heavy atom. The van der Waals surface area contributed by atoms with Crippen molar-refractivity contribution in [3.05, 3.63) is 31.0 Å². The molecule has 0 radical (unpaired) electrons. The lowest BCUT2D eigenvalue weighted by atomic mass is 10.1. The molecular formula is C16H15N7. The number of hydrogen-bond acceptors (Lipinski definition) is 5. The average Bonchev–Trinajstić information content (AvgIpc) is 3.24. The molecule has 1 N–H and O–H groups in total. The van der Waals surface area contributed by atoms with Crippen LogP contribution in [0.25, 0.3) is 22.3 Å². The number of H-pyrrole nitrogens is 1. The molecule has 0 aromatic carbocycles. The van der Waals surface area contributed by atoms with Crippen LogP contribution in [0.15, 0.2) is 31.0 Å². The molecule has 7 nitrogen and oxygen atoms in total. The minimum Gasteiger partial charge on any atom is -0.346 e. The molecule has 0 aliphatic carbocycles. The standard InChI is InChI=1S/C16H15N7/c17-6-1-3-13(4-2-7-18)23-10-12(9-22-23)15-14-5-8-19-16(14)21-11-20-15/h5,8-11,13H,1-4H2,(H,19,20,21). The van der Waals surface area contributed by atoms with E-state index in [1.807, 2.05) is 23.1 Å². The SMILES string of the molecule is N#CCCC(CCC#N)n1cc(-c2ncnc3[nH]ccc23)cn1. The van der Waals surface area contributed by atoms with Gasteiger partial charge in [0.1, 0.15) is 12.0 Å². The summed E-state index contributed by atoms with van der Waals surface area (Å²) in [6.07, 6.45) is 9.30. The number of aromatic nitrogens is 5. The summed E-state index contributed by atoms with van der Waals surface area (Å²) in [5, 5.41) is 23.0. The van der Waals surface area contributed by atoms with Crippen LogP contribution >= 0.6 is 0 Å². The van der Waals surface area contributed by atoms with Gasteiger partial charge in [-0.1, -0.05) is 0 Å². The van der Waals surface area contributed by atoms with Crippen molar-refractivity contribution in [3.8, 4) is 23.4 Å². The summed E-state index contributed by atoms with van der Waals surface area (Å²) in [5.74, 6) is 0. The third-order valence-electron chi connectivity index (χ3n) is 3.78. The van der Waals surface area contributed by atoms with Gasteiger partial charge < -0.3 is 4.98 Å². The molecule has 23 heavy (non-hydrogen) atoms. The second-order valence-corrected chi connectivity index (χ2v) is 5.22. The number of nitrogens with one attached hydrogen (secondary N) is 1. The monoisotopic (exact) mass is 305 g/mol. The Morgan fingerprint density at radius 3 is 2.70 bits per heavy atom. The minimum atomic E-state index is 0.0478. The highest BCUT2D eigenvalue weighted by atomic mass is 15.3. The molecule has 3 heterocycles. The predicted molar refractivity (Wildman–Crippen MR) is 83.8 cm³/mol. The van der Waals surface area contributed by atoms with Crippen LogP contribution in [0.4, 0.5) is 0 Å². The predicted octanol–water partition coefficient (Wildman–Crippen LogP) is 2.97. The van der Waals surface area contributed by atoms with Crippen molar-refractivity contribution >= 4 is 11.0 Å². The highest BCUT2D eigenvalue weighted by Crippen LogP contribution is 2.26. The molecule has 0 amide bonds. The molecule has 3 aromatic rings. The van der Waals surface area contributed by atoms with E-state index in [-0.39, 0.29) is 6.04 Å². The van der Waals surface area contributed by atoms with Crippen LogP contribution in [0.5, 0.6) is 0 Å². The lowest BCUT2D eigenvalue weighted by Crippen LogP contribution is -2.09. The van der Waals surface area contributed by atoms with Gasteiger partial charge in [-0.05, 0) is 18.9 Å². The molecule has 0 saturated heterocycles. The van der Waals surface area contributed by atoms with Gasteiger partial charge in [0.25, 0.3) is 0 Å². The molecule has 3 rings (SSSR count). The van der Waals surface area contributed by atoms with Crippen molar-refractivity contribution in [2.45, 2.75) is 31.7 Å². The van der Waals surface area contributed by atoms with E-state index in [4.69, 9.17) is 10.5 Å². The summed E-state index contributed by atoms with van der Waals surface area (Å²) in [4.78, 5) is 11.6. The van der Waals surface area contributed by atoms with Crippen molar-refractivity contribution < 1.29 is 0 Å². The summed E-state index contributed by atoms with van der Waals surface area (Å²) < 4.78 is 1.84. The molecule has 0 aliphatic rings. The smallest absolute Gasteiger partial charge is 0.141 e. The van der Waals surface area contributed by atoms with E-state index in [0.29, 0.717) is 25.7 Å². The molecule has 0 aliphatic heterocycles. The maximum Gasteiger partial charge on any atom is 0.141 e. The summed E-state index contributed by atoms with van der Waals surface area (Å²) in [6, 6.07) is 6.29. The van der Waals surface area contributed by atoms with Gasteiger partial charge in [0.15, 0.2) is 0 Å². The Kier molecular flexibility index (Phi) is 4.30. The van der Waals surface area contributed by atoms with Gasteiger partial charge in [-0.15, -0.1) is 0 Å².